The molecule has 0 spiro atoms. The van der Waals surface area contributed by atoms with Gasteiger partial charge in [-0.1, -0.05) is 6.07 Å². The Hall–Kier alpha value is -2.76. The van der Waals surface area contributed by atoms with Crippen LogP contribution in [0.3, 0.4) is 0 Å². The summed E-state index contributed by atoms with van der Waals surface area (Å²) in [6.07, 6.45) is 2.05. The van der Waals surface area contributed by atoms with Crippen molar-refractivity contribution in [2.75, 3.05) is 5.32 Å². The van der Waals surface area contributed by atoms with Crippen molar-refractivity contribution in [1.82, 2.24) is 9.97 Å². The van der Waals surface area contributed by atoms with E-state index in [-0.39, 0.29) is 0 Å². The summed E-state index contributed by atoms with van der Waals surface area (Å²) < 4.78 is 5.09. The topological polar surface area (TPSA) is 81.2 Å². The van der Waals surface area contributed by atoms with Crippen molar-refractivity contribution in [2.24, 2.45) is 0 Å². The highest BCUT2D eigenvalue weighted by atomic mass is 16.5. The summed E-state index contributed by atoms with van der Waals surface area (Å²) in [6, 6.07) is 8.32. The lowest BCUT2D eigenvalue weighted by atomic mass is 10.3. The van der Waals surface area contributed by atoms with Crippen molar-refractivity contribution >= 4 is 17.7 Å². The number of nitrogens with zero attached hydrogens (tertiary/aromatic N) is 2. The average molecular weight is 285 g/mol. The van der Waals surface area contributed by atoms with Crippen molar-refractivity contribution in [3.05, 3.63) is 54.0 Å². The molecule has 2 heterocycles. The Labute approximate surface area is 122 Å². The lowest BCUT2D eigenvalue weighted by Crippen LogP contribution is -2.30. The number of nitrogens with one attached hydrogen (secondary N) is 1. The summed E-state index contributed by atoms with van der Waals surface area (Å²) >= 11 is 0. The summed E-state index contributed by atoms with van der Waals surface area (Å²) in [5.74, 6) is -0.584. The SMILES string of the molecule is Cc1cccc(NC(=O)C(C)OC(=O)c2ccncc2)n1. The van der Waals surface area contributed by atoms with Crippen LogP contribution in [0, 0.1) is 6.92 Å². The minimum atomic E-state index is -0.923. The van der Waals surface area contributed by atoms with Crippen LogP contribution in [-0.4, -0.2) is 27.9 Å². The van der Waals surface area contributed by atoms with E-state index in [1.807, 2.05) is 13.0 Å². The van der Waals surface area contributed by atoms with Crippen LogP contribution < -0.4 is 5.32 Å². The van der Waals surface area contributed by atoms with E-state index in [1.54, 1.807) is 12.1 Å². The normalized spacial score (nSPS) is 11.5. The van der Waals surface area contributed by atoms with Gasteiger partial charge in [-0.2, -0.15) is 0 Å². The third-order valence-electron chi connectivity index (χ3n) is 2.71. The van der Waals surface area contributed by atoms with Gasteiger partial charge in [-0.25, -0.2) is 9.78 Å². The van der Waals surface area contributed by atoms with Gasteiger partial charge in [0.2, 0.25) is 0 Å². The fourth-order valence-corrected chi connectivity index (χ4v) is 1.61. The highest BCUT2D eigenvalue weighted by molar-refractivity contribution is 5.96. The molecule has 1 unspecified atom stereocenters. The number of aromatic nitrogens is 2. The third-order valence-corrected chi connectivity index (χ3v) is 2.71. The lowest BCUT2D eigenvalue weighted by molar-refractivity contribution is -0.123. The van der Waals surface area contributed by atoms with Gasteiger partial charge in [-0.05, 0) is 38.1 Å². The minimum Gasteiger partial charge on any atom is -0.449 e. The molecular weight excluding hydrogens is 270 g/mol. The lowest BCUT2D eigenvalue weighted by Gasteiger charge is -2.13. The van der Waals surface area contributed by atoms with Gasteiger partial charge in [-0.3, -0.25) is 9.78 Å². The summed E-state index contributed by atoms with van der Waals surface area (Å²) in [6.45, 7) is 3.33. The standard InChI is InChI=1S/C15H15N3O3/c1-10-4-3-5-13(17-10)18-14(19)11(2)21-15(20)12-6-8-16-9-7-12/h3-9,11H,1-2H3,(H,17,18,19). The van der Waals surface area contributed by atoms with Crippen LogP contribution in [0.5, 0.6) is 0 Å². The fourth-order valence-electron chi connectivity index (χ4n) is 1.61. The molecule has 0 aromatic carbocycles. The Balaban J connectivity index is 1.95. The molecule has 1 N–H and O–H groups in total. The number of esters is 1. The number of hydrogen-bond acceptors (Lipinski definition) is 5. The molecule has 1 atom stereocenters. The monoisotopic (exact) mass is 285 g/mol. The van der Waals surface area contributed by atoms with Gasteiger partial charge in [0.15, 0.2) is 6.10 Å². The number of hydrogen-bond donors (Lipinski definition) is 1. The van der Waals surface area contributed by atoms with Crippen LogP contribution in [0.2, 0.25) is 0 Å². The zero-order chi connectivity index (χ0) is 15.2. The quantitative estimate of drug-likeness (QED) is 0.868. The zero-order valence-corrected chi connectivity index (χ0v) is 11.7. The predicted molar refractivity (Wildman–Crippen MR) is 76.7 cm³/mol. The Morgan fingerprint density at radius 1 is 1.19 bits per heavy atom. The molecule has 0 aliphatic carbocycles. The van der Waals surface area contributed by atoms with Crippen molar-refractivity contribution < 1.29 is 14.3 Å². The van der Waals surface area contributed by atoms with E-state index in [2.05, 4.69) is 15.3 Å². The molecule has 0 saturated carbocycles. The first-order valence-corrected chi connectivity index (χ1v) is 6.42. The molecule has 0 fully saturated rings. The highest BCUT2D eigenvalue weighted by Crippen LogP contribution is 2.07. The number of aryl methyl sites for hydroxylation is 1. The molecule has 108 valence electrons. The molecule has 6 heteroatoms. The van der Waals surface area contributed by atoms with Crippen LogP contribution in [0.15, 0.2) is 42.7 Å². The Morgan fingerprint density at radius 2 is 1.90 bits per heavy atom. The number of ether oxygens (including phenoxy) is 1. The number of carbonyl (C=O) groups excluding carboxylic acids is 2. The van der Waals surface area contributed by atoms with Gasteiger partial charge < -0.3 is 10.1 Å². The molecule has 2 aromatic rings. The summed E-state index contributed by atoms with van der Waals surface area (Å²) in [4.78, 5) is 31.7. The molecule has 0 bridgehead atoms. The fraction of sp³-hybridized carbons (Fsp3) is 0.200. The Morgan fingerprint density at radius 3 is 2.57 bits per heavy atom. The first kappa shape index (κ1) is 14.6. The molecule has 0 saturated heterocycles. The number of carbonyl (C=O) groups is 2. The highest BCUT2D eigenvalue weighted by Gasteiger charge is 2.19. The molecule has 2 rings (SSSR count). The van der Waals surface area contributed by atoms with Crippen LogP contribution in [0.4, 0.5) is 5.82 Å². The van der Waals surface area contributed by atoms with Crippen molar-refractivity contribution in [3.63, 3.8) is 0 Å². The van der Waals surface area contributed by atoms with Crippen molar-refractivity contribution in [1.29, 1.82) is 0 Å². The minimum absolute atomic E-state index is 0.346. The summed E-state index contributed by atoms with van der Waals surface area (Å²) in [7, 11) is 0. The van der Waals surface area contributed by atoms with Gasteiger partial charge in [0, 0.05) is 18.1 Å². The third kappa shape index (κ3) is 4.10. The van der Waals surface area contributed by atoms with E-state index in [1.165, 1.54) is 31.5 Å². The second-order valence-corrected chi connectivity index (χ2v) is 4.44. The van der Waals surface area contributed by atoms with Gasteiger partial charge in [0.1, 0.15) is 5.82 Å². The van der Waals surface area contributed by atoms with Gasteiger partial charge in [-0.15, -0.1) is 0 Å². The predicted octanol–water partition coefficient (Wildman–Crippen LogP) is 1.97. The molecule has 2 aromatic heterocycles. The van der Waals surface area contributed by atoms with Gasteiger partial charge >= 0.3 is 5.97 Å². The molecule has 1 amide bonds. The maximum atomic E-state index is 11.9. The largest absolute Gasteiger partial charge is 0.449 e. The summed E-state index contributed by atoms with van der Waals surface area (Å²) in [5, 5.41) is 2.60. The average Bonchev–Trinajstić information content (AvgIpc) is 2.48. The number of anilines is 1. The number of amides is 1. The second kappa shape index (κ2) is 6.60. The van der Waals surface area contributed by atoms with Crippen LogP contribution in [0.25, 0.3) is 0 Å². The Kier molecular flexibility index (Phi) is 4.61. The maximum Gasteiger partial charge on any atom is 0.339 e. The van der Waals surface area contributed by atoms with Crippen LogP contribution in [-0.2, 0) is 9.53 Å². The van der Waals surface area contributed by atoms with Crippen molar-refractivity contribution in [2.45, 2.75) is 20.0 Å². The molecule has 6 nitrogen and oxygen atoms in total. The number of rotatable bonds is 4. The van der Waals surface area contributed by atoms with E-state index >= 15 is 0 Å². The smallest absolute Gasteiger partial charge is 0.339 e. The van der Waals surface area contributed by atoms with Crippen molar-refractivity contribution in [3.8, 4) is 0 Å². The second-order valence-electron chi connectivity index (χ2n) is 4.44. The molecule has 21 heavy (non-hydrogen) atoms. The van der Waals surface area contributed by atoms with E-state index < -0.39 is 18.0 Å². The van der Waals surface area contributed by atoms with E-state index in [0.717, 1.165) is 5.69 Å². The van der Waals surface area contributed by atoms with Crippen LogP contribution in [0.1, 0.15) is 23.0 Å². The van der Waals surface area contributed by atoms with E-state index in [4.69, 9.17) is 4.74 Å². The Bertz CT molecular complexity index is 644. The first-order chi connectivity index (χ1) is 10.1. The molecule has 0 radical (unpaired) electrons. The first-order valence-electron chi connectivity index (χ1n) is 6.42. The number of pyridine rings is 2. The molecular formula is C15H15N3O3. The maximum absolute atomic E-state index is 11.9. The zero-order valence-electron chi connectivity index (χ0n) is 11.7. The summed E-state index contributed by atoms with van der Waals surface area (Å²) in [5.41, 5.74) is 1.13. The molecule has 0 aliphatic heterocycles. The van der Waals surface area contributed by atoms with Gasteiger partial charge in [0.25, 0.3) is 5.91 Å². The van der Waals surface area contributed by atoms with E-state index in [0.29, 0.717) is 11.4 Å². The van der Waals surface area contributed by atoms with Crippen LogP contribution >= 0.6 is 0 Å². The molecule has 0 aliphatic rings. The van der Waals surface area contributed by atoms with E-state index in [9.17, 15) is 9.59 Å². The van der Waals surface area contributed by atoms with Gasteiger partial charge in [0.05, 0.1) is 5.56 Å².